The van der Waals surface area contributed by atoms with Crippen LogP contribution >= 0.6 is 0 Å². The van der Waals surface area contributed by atoms with Crippen molar-refractivity contribution in [1.82, 2.24) is 10.1 Å². The van der Waals surface area contributed by atoms with Crippen molar-refractivity contribution in [2.24, 2.45) is 0 Å². The monoisotopic (exact) mass is 272 g/mol. The summed E-state index contributed by atoms with van der Waals surface area (Å²) in [5.41, 5.74) is 4.68. The third kappa shape index (κ3) is 2.20. The van der Waals surface area contributed by atoms with Crippen LogP contribution in [0.15, 0.2) is 22.7 Å². The molecule has 5 heteroatoms. The summed E-state index contributed by atoms with van der Waals surface area (Å²) >= 11 is 0. The molecule has 1 aromatic heterocycles. The minimum Gasteiger partial charge on any atom is -0.478 e. The molecule has 2 heterocycles. The van der Waals surface area contributed by atoms with Crippen LogP contribution in [0.2, 0.25) is 0 Å². The highest BCUT2D eigenvalue weighted by molar-refractivity contribution is 5.87. The van der Waals surface area contributed by atoms with E-state index in [2.05, 4.69) is 10.1 Å². The summed E-state index contributed by atoms with van der Waals surface area (Å²) in [6, 6.07) is 5.34. The van der Waals surface area contributed by atoms with Gasteiger partial charge in [-0.15, -0.1) is 0 Å². The Kier molecular flexibility index (Phi) is 3.06. The predicted molar refractivity (Wildman–Crippen MR) is 72.3 cm³/mol. The molecule has 20 heavy (non-hydrogen) atoms. The van der Waals surface area contributed by atoms with Gasteiger partial charge in [0, 0.05) is 25.2 Å². The molecule has 0 unspecified atom stereocenters. The number of hydrogen-bond donors (Lipinski definition) is 1. The van der Waals surface area contributed by atoms with Crippen molar-refractivity contribution in [2.75, 3.05) is 0 Å². The average Bonchev–Trinajstić information content (AvgIpc) is 2.95. The second kappa shape index (κ2) is 4.76. The van der Waals surface area contributed by atoms with Crippen LogP contribution in [-0.4, -0.2) is 21.1 Å². The summed E-state index contributed by atoms with van der Waals surface area (Å²) < 4.78 is 5.18. The topological polar surface area (TPSA) is 66.6 Å². The van der Waals surface area contributed by atoms with Gasteiger partial charge in [-0.2, -0.15) is 0 Å². The predicted octanol–water partition coefficient (Wildman–Crippen LogP) is 2.51. The average molecular weight is 272 g/mol. The molecular weight excluding hydrogens is 256 g/mol. The molecule has 5 nitrogen and oxygen atoms in total. The minimum atomic E-state index is -0.878. The van der Waals surface area contributed by atoms with E-state index < -0.39 is 5.97 Å². The van der Waals surface area contributed by atoms with Crippen LogP contribution in [0.1, 0.15) is 38.5 Å². The Morgan fingerprint density at radius 1 is 1.35 bits per heavy atom. The van der Waals surface area contributed by atoms with Gasteiger partial charge in [0.25, 0.3) is 0 Å². The molecule has 0 radical (unpaired) electrons. The second-order valence-corrected chi connectivity index (χ2v) is 5.24. The van der Waals surface area contributed by atoms with E-state index >= 15 is 0 Å². The number of carbonyl (C=O) groups is 1. The minimum absolute atomic E-state index is 0.350. The maximum atomic E-state index is 11.0. The van der Waals surface area contributed by atoms with E-state index in [0.717, 1.165) is 42.2 Å². The van der Waals surface area contributed by atoms with Crippen molar-refractivity contribution in [1.29, 1.82) is 0 Å². The fourth-order valence-corrected chi connectivity index (χ4v) is 2.66. The van der Waals surface area contributed by atoms with Gasteiger partial charge in [0.2, 0.25) is 0 Å². The van der Waals surface area contributed by atoms with Gasteiger partial charge in [-0.1, -0.05) is 11.2 Å². The first-order valence-corrected chi connectivity index (χ1v) is 6.54. The third-order valence-electron chi connectivity index (χ3n) is 3.80. The highest BCUT2D eigenvalue weighted by Crippen LogP contribution is 2.26. The van der Waals surface area contributed by atoms with Gasteiger partial charge in [-0.25, -0.2) is 4.79 Å². The van der Waals surface area contributed by atoms with Crippen molar-refractivity contribution >= 4 is 5.97 Å². The fraction of sp³-hybridized carbons (Fsp3) is 0.333. The molecule has 0 saturated carbocycles. The first-order chi connectivity index (χ1) is 9.54. The highest BCUT2D eigenvalue weighted by Gasteiger charge is 2.22. The second-order valence-electron chi connectivity index (χ2n) is 5.24. The van der Waals surface area contributed by atoms with E-state index in [1.54, 1.807) is 12.1 Å². The van der Waals surface area contributed by atoms with Gasteiger partial charge in [-0.05, 0) is 37.1 Å². The molecule has 0 saturated heterocycles. The Balaban J connectivity index is 1.79. The van der Waals surface area contributed by atoms with Gasteiger partial charge in [0.1, 0.15) is 5.76 Å². The zero-order valence-electron chi connectivity index (χ0n) is 11.5. The molecule has 1 aromatic carbocycles. The molecule has 2 aromatic rings. The van der Waals surface area contributed by atoms with Crippen LogP contribution in [0, 0.1) is 13.8 Å². The van der Waals surface area contributed by atoms with Crippen molar-refractivity contribution in [3.63, 3.8) is 0 Å². The maximum Gasteiger partial charge on any atom is 0.335 e. The van der Waals surface area contributed by atoms with Crippen molar-refractivity contribution in [3.05, 3.63) is 51.9 Å². The normalized spacial score (nSPS) is 14.5. The van der Waals surface area contributed by atoms with E-state index in [-0.39, 0.29) is 0 Å². The van der Waals surface area contributed by atoms with Gasteiger partial charge >= 0.3 is 5.97 Å². The molecule has 0 atom stereocenters. The lowest BCUT2D eigenvalue weighted by Gasteiger charge is -2.14. The lowest BCUT2D eigenvalue weighted by Crippen LogP contribution is -2.16. The first-order valence-electron chi connectivity index (χ1n) is 6.54. The molecule has 3 rings (SSSR count). The highest BCUT2D eigenvalue weighted by atomic mass is 16.5. The van der Waals surface area contributed by atoms with E-state index in [1.807, 2.05) is 19.9 Å². The number of nitrogens with zero attached hydrogens (tertiary/aromatic N) is 2. The first kappa shape index (κ1) is 12.9. The van der Waals surface area contributed by atoms with Crippen molar-refractivity contribution in [2.45, 2.75) is 33.5 Å². The zero-order chi connectivity index (χ0) is 14.3. The van der Waals surface area contributed by atoms with Crippen molar-refractivity contribution < 1.29 is 14.4 Å². The number of fused-ring (bicyclic) bond motifs is 1. The smallest absolute Gasteiger partial charge is 0.335 e. The van der Waals surface area contributed by atoms with E-state index in [1.165, 1.54) is 5.56 Å². The van der Waals surface area contributed by atoms with Gasteiger partial charge in [0.05, 0.1) is 11.3 Å². The number of carboxylic acid groups (broad SMARTS) is 1. The summed E-state index contributed by atoms with van der Waals surface area (Å²) in [5.74, 6) is -0.0262. The number of hydrogen-bond acceptors (Lipinski definition) is 4. The Hall–Kier alpha value is -2.14. The largest absolute Gasteiger partial charge is 0.478 e. The van der Waals surface area contributed by atoms with Crippen LogP contribution in [0.5, 0.6) is 0 Å². The summed E-state index contributed by atoms with van der Waals surface area (Å²) in [6.07, 6.45) is 0. The number of rotatable bonds is 3. The lowest BCUT2D eigenvalue weighted by atomic mass is 10.1. The fourth-order valence-electron chi connectivity index (χ4n) is 2.66. The standard InChI is InChI=1S/C15H16N2O3/c1-9-14(10(2)20-16-9)8-17-6-12-4-3-11(15(18)19)5-13(12)7-17/h3-5H,6-8H2,1-2H3,(H,18,19). The van der Waals surface area contributed by atoms with Gasteiger partial charge in [0.15, 0.2) is 0 Å². The Labute approximate surface area is 116 Å². The lowest BCUT2D eigenvalue weighted by molar-refractivity contribution is 0.0696. The molecule has 1 aliphatic rings. The molecule has 0 aliphatic carbocycles. The van der Waals surface area contributed by atoms with Crippen LogP contribution in [0.3, 0.4) is 0 Å². The molecule has 0 bridgehead atoms. The van der Waals surface area contributed by atoms with E-state index in [4.69, 9.17) is 9.63 Å². The molecular formula is C15H16N2O3. The Morgan fingerprint density at radius 3 is 2.75 bits per heavy atom. The molecule has 0 spiro atoms. The molecule has 0 amide bonds. The number of aromatic carboxylic acids is 1. The number of aryl methyl sites for hydroxylation is 2. The number of benzene rings is 1. The zero-order valence-corrected chi connectivity index (χ0v) is 11.5. The molecule has 1 aliphatic heterocycles. The van der Waals surface area contributed by atoms with Crippen LogP contribution in [0.4, 0.5) is 0 Å². The Morgan fingerprint density at radius 2 is 2.10 bits per heavy atom. The Bertz CT molecular complexity index is 656. The number of aromatic nitrogens is 1. The quantitative estimate of drug-likeness (QED) is 0.929. The SMILES string of the molecule is Cc1noc(C)c1CN1Cc2ccc(C(=O)O)cc2C1. The molecule has 104 valence electrons. The third-order valence-corrected chi connectivity index (χ3v) is 3.80. The van der Waals surface area contributed by atoms with Gasteiger partial charge in [-0.3, -0.25) is 4.90 Å². The summed E-state index contributed by atoms with van der Waals surface area (Å²) in [6.45, 7) is 6.23. The molecule has 0 fully saturated rings. The van der Waals surface area contributed by atoms with Crippen LogP contribution in [-0.2, 0) is 19.6 Å². The van der Waals surface area contributed by atoms with Crippen molar-refractivity contribution in [3.8, 4) is 0 Å². The summed E-state index contributed by atoms with van der Waals surface area (Å²) in [5, 5.41) is 13.0. The summed E-state index contributed by atoms with van der Waals surface area (Å²) in [4.78, 5) is 13.3. The number of carboxylic acids is 1. The van der Waals surface area contributed by atoms with Gasteiger partial charge < -0.3 is 9.63 Å². The maximum absolute atomic E-state index is 11.0. The van der Waals surface area contributed by atoms with Crippen LogP contribution < -0.4 is 0 Å². The van der Waals surface area contributed by atoms with E-state index in [0.29, 0.717) is 5.56 Å². The van der Waals surface area contributed by atoms with Crippen LogP contribution in [0.25, 0.3) is 0 Å². The summed E-state index contributed by atoms with van der Waals surface area (Å²) in [7, 11) is 0. The van der Waals surface area contributed by atoms with E-state index in [9.17, 15) is 4.79 Å². The molecule has 1 N–H and O–H groups in total.